The zero-order chi connectivity index (χ0) is 11.4. The number of aromatic hydroxyl groups is 1. The fraction of sp³-hybridized carbons (Fsp3) is 0.0769. The molecule has 2 nitrogen and oxygen atoms in total. The second kappa shape index (κ2) is 4.86. The number of rotatable bonds is 3. The number of hydrogen-bond donors (Lipinski definition) is 1. The quantitative estimate of drug-likeness (QED) is 0.875. The normalized spacial score (nSPS) is 10.8. The molecule has 0 amide bonds. The molecule has 0 fully saturated rings. The fourth-order valence-corrected chi connectivity index (χ4v) is 2.00. The van der Waals surface area contributed by atoms with Crippen molar-refractivity contribution in [2.45, 2.75) is 0 Å². The van der Waals surface area contributed by atoms with E-state index in [1.807, 2.05) is 35.7 Å². The van der Waals surface area contributed by atoms with Crippen molar-refractivity contribution in [1.82, 2.24) is 0 Å². The van der Waals surface area contributed by atoms with Gasteiger partial charge in [-0.1, -0.05) is 12.1 Å². The van der Waals surface area contributed by atoms with E-state index in [4.69, 9.17) is 4.74 Å². The molecule has 1 N–H and O–H groups in total. The van der Waals surface area contributed by atoms with E-state index in [1.165, 1.54) is 4.88 Å². The van der Waals surface area contributed by atoms with E-state index in [2.05, 4.69) is 0 Å². The van der Waals surface area contributed by atoms with E-state index >= 15 is 0 Å². The van der Waals surface area contributed by atoms with Crippen LogP contribution in [-0.4, -0.2) is 12.2 Å². The zero-order valence-corrected chi connectivity index (χ0v) is 9.70. The molecular formula is C13H12O2S. The van der Waals surface area contributed by atoms with Crippen LogP contribution in [0.5, 0.6) is 11.5 Å². The summed E-state index contributed by atoms with van der Waals surface area (Å²) >= 11 is 1.68. The second-order valence-electron chi connectivity index (χ2n) is 3.31. The van der Waals surface area contributed by atoms with Gasteiger partial charge in [-0.15, -0.1) is 11.3 Å². The third-order valence-electron chi connectivity index (χ3n) is 2.13. The van der Waals surface area contributed by atoms with Crippen molar-refractivity contribution >= 4 is 23.5 Å². The van der Waals surface area contributed by atoms with Gasteiger partial charge in [0, 0.05) is 10.9 Å². The molecule has 16 heavy (non-hydrogen) atoms. The number of benzene rings is 1. The van der Waals surface area contributed by atoms with E-state index in [-0.39, 0.29) is 5.75 Å². The molecule has 0 aliphatic heterocycles. The Bertz CT molecular complexity index is 487. The minimum absolute atomic E-state index is 0.213. The van der Waals surface area contributed by atoms with Gasteiger partial charge in [-0.2, -0.15) is 0 Å². The highest BCUT2D eigenvalue weighted by atomic mass is 32.1. The Morgan fingerprint density at radius 1 is 1.25 bits per heavy atom. The van der Waals surface area contributed by atoms with Crippen LogP contribution >= 0.6 is 11.3 Å². The van der Waals surface area contributed by atoms with Gasteiger partial charge in [0.1, 0.15) is 11.5 Å². The van der Waals surface area contributed by atoms with Crippen molar-refractivity contribution in [3.63, 3.8) is 0 Å². The van der Waals surface area contributed by atoms with Gasteiger partial charge in [0.15, 0.2) is 0 Å². The van der Waals surface area contributed by atoms with Gasteiger partial charge in [0.05, 0.1) is 7.11 Å². The van der Waals surface area contributed by atoms with Crippen molar-refractivity contribution in [1.29, 1.82) is 0 Å². The summed E-state index contributed by atoms with van der Waals surface area (Å²) in [4.78, 5) is 1.18. The second-order valence-corrected chi connectivity index (χ2v) is 4.29. The lowest BCUT2D eigenvalue weighted by atomic mass is 10.2. The molecule has 1 heterocycles. The lowest BCUT2D eigenvalue weighted by molar-refractivity contribution is 0.407. The summed E-state index contributed by atoms with van der Waals surface area (Å²) in [6.45, 7) is 0. The molecule has 2 rings (SSSR count). The van der Waals surface area contributed by atoms with Crippen LogP contribution in [0.4, 0.5) is 0 Å². The monoisotopic (exact) mass is 232 g/mol. The van der Waals surface area contributed by atoms with Crippen LogP contribution in [-0.2, 0) is 0 Å². The number of phenols is 1. The van der Waals surface area contributed by atoms with Crippen LogP contribution < -0.4 is 4.74 Å². The Labute approximate surface area is 98.4 Å². The summed E-state index contributed by atoms with van der Waals surface area (Å²) < 4.78 is 5.08. The number of hydrogen-bond acceptors (Lipinski definition) is 3. The molecule has 0 saturated heterocycles. The van der Waals surface area contributed by atoms with Crippen molar-refractivity contribution in [3.05, 3.63) is 46.2 Å². The molecule has 0 aliphatic rings. The predicted molar refractivity (Wildman–Crippen MR) is 67.9 cm³/mol. The van der Waals surface area contributed by atoms with E-state index in [0.717, 1.165) is 5.56 Å². The highest BCUT2D eigenvalue weighted by molar-refractivity contribution is 7.10. The number of phenolic OH excluding ortho intramolecular Hbond substituents is 1. The topological polar surface area (TPSA) is 29.5 Å². The summed E-state index contributed by atoms with van der Waals surface area (Å²) in [5.74, 6) is 0.871. The third kappa shape index (κ3) is 2.64. The number of ether oxygens (including phenoxy) is 1. The third-order valence-corrected chi connectivity index (χ3v) is 2.97. The van der Waals surface area contributed by atoms with E-state index in [1.54, 1.807) is 30.6 Å². The van der Waals surface area contributed by atoms with Crippen molar-refractivity contribution < 1.29 is 9.84 Å². The van der Waals surface area contributed by atoms with Crippen LogP contribution in [0.15, 0.2) is 35.7 Å². The minimum atomic E-state index is 0.213. The zero-order valence-electron chi connectivity index (χ0n) is 8.88. The Morgan fingerprint density at radius 3 is 2.81 bits per heavy atom. The average molecular weight is 232 g/mol. The lowest BCUT2D eigenvalue weighted by Gasteiger charge is -2.02. The molecule has 0 aliphatic carbocycles. The van der Waals surface area contributed by atoms with Gasteiger partial charge in [-0.05, 0) is 35.2 Å². The molecule has 0 spiro atoms. The van der Waals surface area contributed by atoms with E-state index in [0.29, 0.717) is 5.75 Å². The largest absolute Gasteiger partial charge is 0.508 e. The Kier molecular flexibility index (Phi) is 3.27. The van der Waals surface area contributed by atoms with Gasteiger partial charge in [0.2, 0.25) is 0 Å². The number of thiophene rings is 1. The molecule has 0 radical (unpaired) electrons. The SMILES string of the molecule is COc1cc(O)cc(C=Cc2cccs2)c1. The first-order chi connectivity index (χ1) is 7.78. The molecule has 1 aromatic heterocycles. The van der Waals surface area contributed by atoms with Crippen molar-refractivity contribution in [2.75, 3.05) is 7.11 Å². The number of methoxy groups -OCH3 is 1. The molecule has 0 saturated carbocycles. The van der Waals surface area contributed by atoms with Gasteiger partial charge in [-0.3, -0.25) is 0 Å². The standard InChI is InChI=1S/C13H12O2S/c1-15-12-8-10(7-11(14)9-12)4-5-13-3-2-6-16-13/h2-9,14H,1H3. The van der Waals surface area contributed by atoms with Gasteiger partial charge in [-0.25, -0.2) is 0 Å². The molecule has 3 heteroatoms. The lowest BCUT2D eigenvalue weighted by Crippen LogP contribution is -1.83. The molecule has 0 atom stereocenters. The maximum absolute atomic E-state index is 9.47. The van der Waals surface area contributed by atoms with Crippen LogP contribution in [0.3, 0.4) is 0 Å². The summed E-state index contributed by atoms with van der Waals surface area (Å²) in [7, 11) is 1.58. The molecular weight excluding hydrogens is 220 g/mol. The first kappa shape index (κ1) is 10.8. The molecule has 1 aromatic carbocycles. The summed E-state index contributed by atoms with van der Waals surface area (Å²) in [5.41, 5.74) is 0.922. The predicted octanol–water partition coefficient (Wildman–Crippen LogP) is 3.63. The highest BCUT2D eigenvalue weighted by Crippen LogP contribution is 2.23. The van der Waals surface area contributed by atoms with Gasteiger partial charge in [0.25, 0.3) is 0 Å². The van der Waals surface area contributed by atoms with Crippen LogP contribution in [0.1, 0.15) is 10.4 Å². The van der Waals surface area contributed by atoms with Crippen LogP contribution in [0.2, 0.25) is 0 Å². The van der Waals surface area contributed by atoms with Gasteiger partial charge < -0.3 is 9.84 Å². The van der Waals surface area contributed by atoms with E-state index < -0.39 is 0 Å². The smallest absolute Gasteiger partial charge is 0.123 e. The Balaban J connectivity index is 2.24. The maximum atomic E-state index is 9.47. The molecule has 0 unspecified atom stereocenters. The first-order valence-corrected chi connectivity index (χ1v) is 5.75. The molecule has 2 aromatic rings. The van der Waals surface area contributed by atoms with Gasteiger partial charge >= 0.3 is 0 Å². The summed E-state index contributed by atoms with van der Waals surface area (Å²) in [5, 5.41) is 11.5. The molecule has 82 valence electrons. The summed E-state index contributed by atoms with van der Waals surface area (Å²) in [6, 6.07) is 9.22. The Hall–Kier alpha value is -1.74. The first-order valence-electron chi connectivity index (χ1n) is 4.87. The highest BCUT2D eigenvalue weighted by Gasteiger charge is 1.97. The Morgan fingerprint density at radius 2 is 2.12 bits per heavy atom. The van der Waals surface area contributed by atoms with Crippen LogP contribution in [0.25, 0.3) is 12.2 Å². The van der Waals surface area contributed by atoms with Crippen molar-refractivity contribution in [3.8, 4) is 11.5 Å². The minimum Gasteiger partial charge on any atom is -0.508 e. The van der Waals surface area contributed by atoms with E-state index in [9.17, 15) is 5.11 Å². The average Bonchev–Trinajstić information content (AvgIpc) is 2.78. The summed E-state index contributed by atoms with van der Waals surface area (Å²) in [6.07, 6.45) is 3.97. The molecule has 0 bridgehead atoms. The fourth-order valence-electron chi connectivity index (χ4n) is 1.38. The maximum Gasteiger partial charge on any atom is 0.123 e. The van der Waals surface area contributed by atoms with Crippen LogP contribution in [0, 0.1) is 0 Å². The van der Waals surface area contributed by atoms with Crippen molar-refractivity contribution in [2.24, 2.45) is 0 Å².